The molecule has 0 radical (unpaired) electrons. The summed E-state index contributed by atoms with van der Waals surface area (Å²) in [4.78, 5) is 31.5. The van der Waals surface area contributed by atoms with Gasteiger partial charge in [-0.15, -0.1) is 0 Å². The van der Waals surface area contributed by atoms with Gasteiger partial charge in [0.1, 0.15) is 23.8 Å². The van der Waals surface area contributed by atoms with E-state index in [2.05, 4.69) is 31.7 Å². The number of hydrogen-bond donors (Lipinski definition) is 1. The lowest BCUT2D eigenvalue weighted by atomic mass is 9.93. The normalized spacial score (nSPS) is 21.7. The molecule has 6 heterocycles. The van der Waals surface area contributed by atoms with Crippen molar-refractivity contribution < 1.29 is 31.5 Å². The standard InChI is InChI=1S/C33H30F5N7O2S/c1-2-5-23(46)44-13-8-21-22(44)15-45(21)29-18-14-19(33(36,37)38)24(17-6-7-20(34)28-27(17)40-30(39)48-28)25(35)26(18)41-31(42-29)47-16-32-9-3-11-43(32)12-4-10-32/h6-7,14,21-22H,3-4,8-13,15-16H2,1H3,(H2,39,40). The highest BCUT2D eigenvalue weighted by atomic mass is 32.1. The molecule has 4 saturated heterocycles. The van der Waals surface area contributed by atoms with Crippen molar-refractivity contribution >= 4 is 49.3 Å². The smallest absolute Gasteiger partial charge is 0.417 e. The first-order valence-electron chi connectivity index (χ1n) is 15.8. The highest BCUT2D eigenvalue weighted by molar-refractivity contribution is 7.22. The number of nitrogen functional groups attached to an aromatic ring is 1. The minimum atomic E-state index is -5.01. The largest absolute Gasteiger partial charge is 0.461 e. The van der Waals surface area contributed by atoms with Gasteiger partial charge < -0.3 is 20.3 Å². The lowest BCUT2D eigenvalue weighted by Gasteiger charge is -2.47. The number of ether oxygens (including phenoxy) is 1. The molecule has 2 aromatic carbocycles. The third-order valence-electron chi connectivity index (χ3n) is 10.3. The van der Waals surface area contributed by atoms with Crippen LogP contribution in [-0.4, -0.2) is 81.1 Å². The summed E-state index contributed by atoms with van der Waals surface area (Å²) in [7, 11) is 0. The van der Waals surface area contributed by atoms with Gasteiger partial charge >= 0.3 is 12.2 Å². The molecule has 0 spiro atoms. The molecule has 2 N–H and O–H groups in total. The van der Waals surface area contributed by atoms with Gasteiger partial charge in [0.25, 0.3) is 5.91 Å². The number of aromatic nitrogens is 3. The minimum absolute atomic E-state index is 0.0695. The van der Waals surface area contributed by atoms with Crippen molar-refractivity contribution in [2.75, 3.05) is 43.4 Å². The van der Waals surface area contributed by atoms with E-state index in [1.165, 1.54) is 0 Å². The summed E-state index contributed by atoms with van der Waals surface area (Å²) in [5.41, 5.74) is 2.73. The Bertz CT molecular complexity index is 2050. The molecule has 4 aliphatic rings. The molecule has 2 aromatic heterocycles. The van der Waals surface area contributed by atoms with Crippen LogP contribution in [-0.2, 0) is 11.0 Å². The molecule has 15 heteroatoms. The molecule has 0 aliphatic carbocycles. The molecule has 8 rings (SSSR count). The molecule has 2 unspecified atom stereocenters. The van der Waals surface area contributed by atoms with E-state index in [9.17, 15) is 22.4 Å². The maximum Gasteiger partial charge on any atom is 0.417 e. The minimum Gasteiger partial charge on any atom is -0.461 e. The van der Waals surface area contributed by atoms with Crippen molar-refractivity contribution in [2.24, 2.45) is 0 Å². The number of halogens is 5. The number of amides is 1. The summed E-state index contributed by atoms with van der Waals surface area (Å²) < 4.78 is 82.3. The van der Waals surface area contributed by atoms with Crippen LogP contribution in [0.1, 0.15) is 44.6 Å². The monoisotopic (exact) mass is 683 g/mol. The predicted molar refractivity (Wildman–Crippen MR) is 170 cm³/mol. The topological polar surface area (TPSA) is 101 Å². The number of carbonyl (C=O) groups is 1. The summed E-state index contributed by atoms with van der Waals surface area (Å²) in [6, 6.07) is 2.27. The maximum absolute atomic E-state index is 16.9. The molecule has 1 amide bonds. The fourth-order valence-corrected chi connectivity index (χ4v) is 8.87. The zero-order valence-electron chi connectivity index (χ0n) is 25.8. The van der Waals surface area contributed by atoms with Gasteiger partial charge in [-0.1, -0.05) is 17.3 Å². The van der Waals surface area contributed by atoms with Gasteiger partial charge in [-0.05, 0) is 76.2 Å². The molecular formula is C33H30F5N7O2S. The fraction of sp³-hybridized carbons (Fsp3) is 0.455. The second-order valence-electron chi connectivity index (χ2n) is 12.8. The third-order valence-corrected chi connectivity index (χ3v) is 11.2. The predicted octanol–water partition coefficient (Wildman–Crippen LogP) is 5.61. The van der Waals surface area contributed by atoms with Crippen LogP contribution in [0, 0.1) is 23.5 Å². The van der Waals surface area contributed by atoms with Gasteiger partial charge in [0, 0.05) is 29.6 Å². The highest BCUT2D eigenvalue weighted by Gasteiger charge is 2.50. The molecule has 0 saturated carbocycles. The van der Waals surface area contributed by atoms with Gasteiger partial charge in [-0.2, -0.15) is 23.1 Å². The number of carbonyl (C=O) groups excluding carboxylic acids is 1. The van der Waals surface area contributed by atoms with E-state index in [1.807, 2.05) is 0 Å². The highest BCUT2D eigenvalue weighted by Crippen LogP contribution is 2.48. The Kier molecular flexibility index (Phi) is 7.19. The first-order valence-corrected chi connectivity index (χ1v) is 16.6. The summed E-state index contributed by atoms with van der Waals surface area (Å²) in [6.07, 6.45) is -0.579. The molecule has 4 fully saturated rings. The Balaban J connectivity index is 1.29. The van der Waals surface area contributed by atoms with Gasteiger partial charge in [0.2, 0.25) is 0 Å². The Hall–Kier alpha value is -4.29. The number of fused-ring (bicyclic) bond motifs is 4. The lowest BCUT2D eigenvalue weighted by Crippen LogP contribution is -2.63. The molecule has 250 valence electrons. The van der Waals surface area contributed by atoms with Crippen LogP contribution < -0.4 is 15.4 Å². The summed E-state index contributed by atoms with van der Waals surface area (Å²) in [5.74, 6) is 2.96. The number of nitrogens with zero attached hydrogens (tertiary/aromatic N) is 6. The second kappa shape index (κ2) is 11.1. The Morgan fingerprint density at radius 2 is 1.88 bits per heavy atom. The van der Waals surface area contributed by atoms with Gasteiger partial charge in [0.05, 0.1) is 33.4 Å². The zero-order chi connectivity index (χ0) is 33.5. The van der Waals surface area contributed by atoms with Gasteiger partial charge in [0.15, 0.2) is 10.9 Å². The average molecular weight is 684 g/mol. The molecular weight excluding hydrogens is 653 g/mol. The van der Waals surface area contributed by atoms with Gasteiger partial charge in [-0.25, -0.2) is 13.8 Å². The van der Waals surface area contributed by atoms with E-state index < -0.39 is 28.9 Å². The SMILES string of the molecule is CC#CC(=O)N1CCC2C1CN2c1nc(OCC23CCCN2CCC3)nc2c(F)c(-c3ccc(F)c4sc(N)nc34)c(C(F)(F)F)cc12. The van der Waals surface area contributed by atoms with Crippen LogP contribution in [0.5, 0.6) is 6.01 Å². The van der Waals surface area contributed by atoms with E-state index in [0.717, 1.165) is 68.3 Å². The quantitative estimate of drug-likeness (QED) is 0.214. The Morgan fingerprint density at radius 3 is 2.60 bits per heavy atom. The van der Waals surface area contributed by atoms with E-state index in [-0.39, 0.29) is 80.3 Å². The third kappa shape index (κ3) is 4.74. The number of anilines is 2. The summed E-state index contributed by atoms with van der Waals surface area (Å²) >= 11 is 0.765. The molecule has 48 heavy (non-hydrogen) atoms. The van der Waals surface area contributed by atoms with Crippen molar-refractivity contribution in [2.45, 2.75) is 62.8 Å². The van der Waals surface area contributed by atoms with Crippen LogP contribution in [0.4, 0.5) is 32.9 Å². The van der Waals surface area contributed by atoms with Crippen LogP contribution >= 0.6 is 11.3 Å². The molecule has 4 aliphatic heterocycles. The van der Waals surface area contributed by atoms with Crippen LogP contribution in [0.3, 0.4) is 0 Å². The Labute approximate surface area is 275 Å². The number of hydrogen-bond acceptors (Lipinski definition) is 9. The van der Waals surface area contributed by atoms with E-state index in [4.69, 9.17) is 10.5 Å². The molecule has 4 aromatic rings. The lowest BCUT2D eigenvalue weighted by molar-refractivity contribution is -0.137. The van der Waals surface area contributed by atoms with Crippen molar-refractivity contribution in [3.8, 4) is 29.0 Å². The first-order chi connectivity index (χ1) is 23.0. The van der Waals surface area contributed by atoms with E-state index >= 15 is 4.39 Å². The first kappa shape index (κ1) is 31.0. The van der Waals surface area contributed by atoms with E-state index in [0.29, 0.717) is 13.0 Å². The van der Waals surface area contributed by atoms with Crippen molar-refractivity contribution in [1.29, 1.82) is 0 Å². The van der Waals surface area contributed by atoms with Crippen LogP contribution in [0.25, 0.3) is 32.2 Å². The second-order valence-corrected chi connectivity index (χ2v) is 13.8. The molecule has 2 atom stereocenters. The zero-order valence-corrected chi connectivity index (χ0v) is 26.6. The van der Waals surface area contributed by atoms with Crippen molar-refractivity contribution in [3.63, 3.8) is 0 Å². The van der Waals surface area contributed by atoms with Crippen LogP contribution in [0.2, 0.25) is 0 Å². The number of rotatable bonds is 5. The van der Waals surface area contributed by atoms with Crippen LogP contribution in [0.15, 0.2) is 18.2 Å². The Morgan fingerprint density at radius 1 is 1.10 bits per heavy atom. The number of nitrogens with two attached hydrogens (primary N) is 1. The summed E-state index contributed by atoms with van der Waals surface area (Å²) in [5, 5.41) is -0.217. The fourth-order valence-electron chi connectivity index (χ4n) is 8.11. The number of benzene rings is 2. The summed E-state index contributed by atoms with van der Waals surface area (Å²) in [6.45, 7) is 4.43. The van der Waals surface area contributed by atoms with E-state index in [1.54, 1.807) is 16.7 Å². The molecule has 9 nitrogen and oxygen atoms in total. The maximum atomic E-state index is 16.9. The van der Waals surface area contributed by atoms with Crippen molar-refractivity contribution in [1.82, 2.24) is 24.8 Å². The molecule has 0 bridgehead atoms. The van der Waals surface area contributed by atoms with Gasteiger partial charge in [-0.3, -0.25) is 9.69 Å². The number of likely N-dealkylation sites (tertiary alicyclic amines) is 1. The van der Waals surface area contributed by atoms with Crippen molar-refractivity contribution in [3.05, 3.63) is 35.4 Å². The number of thiazole rings is 1. The average Bonchev–Trinajstić information content (AvgIpc) is 3.79. The number of alkyl halides is 3.